The highest BCUT2D eigenvalue weighted by atomic mass is 32.2. The van der Waals surface area contributed by atoms with Crippen LogP contribution in [-0.4, -0.2) is 47.2 Å². The van der Waals surface area contributed by atoms with E-state index in [1.165, 1.54) is 0 Å². The molecule has 0 heterocycles. The lowest BCUT2D eigenvalue weighted by molar-refractivity contribution is 0.152. The molecule has 0 unspecified atom stereocenters. The monoisotopic (exact) mass is 370 g/mol. The summed E-state index contributed by atoms with van der Waals surface area (Å²) in [4.78, 5) is 4.15. The van der Waals surface area contributed by atoms with E-state index >= 15 is 0 Å². The molecule has 7 nitrogen and oxygen atoms in total. The van der Waals surface area contributed by atoms with Crippen LogP contribution in [0, 0.1) is 0 Å². The van der Waals surface area contributed by atoms with Crippen molar-refractivity contribution in [2.24, 2.45) is 4.99 Å². The van der Waals surface area contributed by atoms with Gasteiger partial charge in [-0.15, -0.1) is 0 Å². The van der Waals surface area contributed by atoms with E-state index < -0.39 is 10.0 Å². The molecule has 0 amide bonds. The SMILES string of the molecule is CCOCCNC(=NC)NCc1ccc(CS(=O)(=O)NC(C)C)cc1. The average Bonchev–Trinajstić information content (AvgIpc) is 2.54. The summed E-state index contributed by atoms with van der Waals surface area (Å²) in [7, 11) is -1.58. The highest BCUT2D eigenvalue weighted by Gasteiger charge is 2.12. The van der Waals surface area contributed by atoms with Crippen molar-refractivity contribution in [1.29, 1.82) is 0 Å². The lowest BCUT2D eigenvalue weighted by Gasteiger charge is -2.12. The van der Waals surface area contributed by atoms with Crippen LogP contribution in [0.5, 0.6) is 0 Å². The van der Waals surface area contributed by atoms with Gasteiger partial charge >= 0.3 is 0 Å². The molecule has 8 heteroatoms. The van der Waals surface area contributed by atoms with E-state index in [0.29, 0.717) is 32.3 Å². The topological polar surface area (TPSA) is 91.8 Å². The van der Waals surface area contributed by atoms with Crippen molar-refractivity contribution in [1.82, 2.24) is 15.4 Å². The lowest BCUT2D eigenvalue weighted by atomic mass is 10.1. The number of hydrogen-bond donors (Lipinski definition) is 3. The van der Waals surface area contributed by atoms with Gasteiger partial charge in [0.25, 0.3) is 0 Å². The van der Waals surface area contributed by atoms with E-state index in [9.17, 15) is 8.42 Å². The van der Waals surface area contributed by atoms with Gasteiger partial charge in [-0.2, -0.15) is 0 Å². The van der Waals surface area contributed by atoms with Gasteiger partial charge < -0.3 is 15.4 Å². The molecule has 0 atom stereocenters. The normalized spacial score (nSPS) is 12.4. The molecule has 0 aliphatic carbocycles. The third-order valence-electron chi connectivity index (χ3n) is 3.22. The fraction of sp³-hybridized carbons (Fsp3) is 0.588. The molecule has 1 aromatic carbocycles. The molecule has 3 N–H and O–H groups in total. The first-order chi connectivity index (χ1) is 11.9. The molecule has 0 saturated carbocycles. The molecule has 0 fully saturated rings. The number of nitrogens with one attached hydrogen (secondary N) is 3. The highest BCUT2D eigenvalue weighted by molar-refractivity contribution is 7.88. The molecule has 0 bridgehead atoms. The molecule has 0 aliphatic rings. The second kappa shape index (κ2) is 11.1. The van der Waals surface area contributed by atoms with Gasteiger partial charge in [0.2, 0.25) is 10.0 Å². The van der Waals surface area contributed by atoms with Gasteiger partial charge in [0, 0.05) is 32.8 Å². The van der Waals surface area contributed by atoms with Crippen LogP contribution in [-0.2, 0) is 27.1 Å². The number of ether oxygens (including phenoxy) is 1. The average molecular weight is 371 g/mol. The van der Waals surface area contributed by atoms with Crippen LogP contribution in [0.2, 0.25) is 0 Å². The van der Waals surface area contributed by atoms with Crippen molar-refractivity contribution in [3.63, 3.8) is 0 Å². The van der Waals surface area contributed by atoms with Crippen LogP contribution < -0.4 is 15.4 Å². The quantitative estimate of drug-likeness (QED) is 0.327. The zero-order valence-electron chi connectivity index (χ0n) is 15.5. The molecule has 0 aliphatic heterocycles. The Balaban J connectivity index is 2.48. The van der Waals surface area contributed by atoms with E-state index in [1.54, 1.807) is 7.05 Å². The Morgan fingerprint density at radius 2 is 1.80 bits per heavy atom. The fourth-order valence-electron chi connectivity index (χ4n) is 2.17. The summed E-state index contributed by atoms with van der Waals surface area (Å²) in [6.45, 7) is 8.19. The Labute approximate surface area is 151 Å². The number of sulfonamides is 1. The van der Waals surface area contributed by atoms with E-state index in [0.717, 1.165) is 11.1 Å². The van der Waals surface area contributed by atoms with E-state index in [1.807, 2.05) is 45.0 Å². The van der Waals surface area contributed by atoms with Crippen LogP contribution in [0.25, 0.3) is 0 Å². The molecule has 25 heavy (non-hydrogen) atoms. The second-order valence-electron chi connectivity index (χ2n) is 5.90. The Kier molecular flexibility index (Phi) is 9.48. The largest absolute Gasteiger partial charge is 0.380 e. The van der Waals surface area contributed by atoms with Gasteiger partial charge in [0.15, 0.2) is 5.96 Å². The van der Waals surface area contributed by atoms with Crippen LogP contribution in [0.3, 0.4) is 0 Å². The first-order valence-corrected chi connectivity index (χ1v) is 10.1. The second-order valence-corrected chi connectivity index (χ2v) is 7.65. The van der Waals surface area contributed by atoms with Crippen LogP contribution in [0.15, 0.2) is 29.3 Å². The van der Waals surface area contributed by atoms with Gasteiger partial charge in [-0.05, 0) is 31.9 Å². The van der Waals surface area contributed by atoms with Crippen molar-refractivity contribution in [3.8, 4) is 0 Å². The summed E-state index contributed by atoms with van der Waals surface area (Å²) in [5, 5.41) is 6.37. The third-order valence-corrected chi connectivity index (χ3v) is 4.77. The van der Waals surface area contributed by atoms with Gasteiger partial charge in [-0.1, -0.05) is 24.3 Å². The Morgan fingerprint density at radius 1 is 1.16 bits per heavy atom. The molecule has 0 radical (unpaired) electrons. The summed E-state index contributed by atoms with van der Waals surface area (Å²) in [5.74, 6) is 0.687. The maximum Gasteiger partial charge on any atom is 0.216 e. The number of nitrogens with zero attached hydrogens (tertiary/aromatic N) is 1. The van der Waals surface area contributed by atoms with E-state index in [-0.39, 0.29) is 11.8 Å². The van der Waals surface area contributed by atoms with Gasteiger partial charge in [-0.3, -0.25) is 4.99 Å². The van der Waals surface area contributed by atoms with Crippen LogP contribution in [0.1, 0.15) is 31.9 Å². The first kappa shape index (κ1) is 21.4. The lowest BCUT2D eigenvalue weighted by Crippen LogP contribution is -2.38. The number of rotatable bonds is 10. The minimum atomic E-state index is -3.30. The molecule has 142 valence electrons. The van der Waals surface area contributed by atoms with E-state index in [2.05, 4.69) is 20.3 Å². The Hall–Kier alpha value is -1.64. The molecular formula is C17H30N4O3S. The Bertz CT molecular complexity index is 628. The smallest absolute Gasteiger partial charge is 0.216 e. The maximum atomic E-state index is 11.9. The fourth-order valence-corrected chi connectivity index (χ4v) is 3.60. The molecule has 1 rings (SSSR count). The van der Waals surface area contributed by atoms with Gasteiger partial charge in [0.1, 0.15) is 0 Å². The predicted molar refractivity (Wildman–Crippen MR) is 102 cm³/mol. The summed E-state index contributed by atoms with van der Waals surface area (Å²) >= 11 is 0. The predicted octanol–water partition coefficient (Wildman–Crippen LogP) is 1.22. The van der Waals surface area contributed by atoms with Crippen molar-refractivity contribution < 1.29 is 13.2 Å². The van der Waals surface area contributed by atoms with Crippen LogP contribution >= 0.6 is 0 Å². The Morgan fingerprint density at radius 3 is 2.36 bits per heavy atom. The van der Waals surface area contributed by atoms with Gasteiger partial charge in [-0.25, -0.2) is 13.1 Å². The first-order valence-electron chi connectivity index (χ1n) is 8.46. The highest BCUT2D eigenvalue weighted by Crippen LogP contribution is 2.08. The van der Waals surface area contributed by atoms with Crippen molar-refractivity contribution in [3.05, 3.63) is 35.4 Å². The molecule has 0 aromatic heterocycles. The summed E-state index contributed by atoms with van der Waals surface area (Å²) in [5.41, 5.74) is 1.81. The van der Waals surface area contributed by atoms with Crippen molar-refractivity contribution >= 4 is 16.0 Å². The number of guanidine groups is 1. The van der Waals surface area contributed by atoms with E-state index in [4.69, 9.17) is 4.74 Å². The molecule has 0 saturated heterocycles. The number of hydrogen-bond acceptors (Lipinski definition) is 4. The standard InChI is InChI=1S/C17H30N4O3S/c1-5-24-11-10-19-17(18-4)20-12-15-6-8-16(9-7-15)13-25(22,23)21-14(2)3/h6-9,14,21H,5,10-13H2,1-4H3,(H2,18,19,20). The maximum absolute atomic E-state index is 11.9. The summed E-state index contributed by atoms with van der Waals surface area (Å²) < 4.78 is 31.7. The number of aliphatic imine (C=N–C) groups is 1. The molecule has 0 spiro atoms. The number of benzene rings is 1. The zero-order valence-corrected chi connectivity index (χ0v) is 16.3. The minimum Gasteiger partial charge on any atom is -0.380 e. The zero-order chi connectivity index (χ0) is 18.7. The molecule has 1 aromatic rings. The summed E-state index contributed by atoms with van der Waals surface area (Å²) in [6.07, 6.45) is 0. The van der Waals surface area contributed by atoms with Crippen LogP contribution in [0.4, 0.5) is 0 Å². The molecular weight excluding hydrogens is 340 g/mol. The van der Waals surface area contributed by atoms with Crippen molar-refractivity contribution in [2.75, 3.05) is 26.8 Å². The minimum absolute atomic E-state index is 0.0143. The van der Waals surface area contributed by atoms with Crippen molar-refractivity contribution in [2.45, 2.75) is 39.1 Å². The van der Waals surface area contributed by atoms with Gasteiger partial charge in [0.05, 0.1) is 12.4 Å². The summed E-state index contributed by atoms with van der Waals surface area (Å²) in [6, 6.07) is 7.40. The third kappa shape index (κ3) is 9.42.